The van der Waals surface area contributed by atoms with Crippen molar-refractivity contribution in [3.05, 3.63) is 54.2 Å². The van der Waals surface area contributed by atoms with E-state index in [2.05, 4.69) is 15.0 Å². The van der Waals surface area contributed by atoms with E-state index in [1.807, 2.05) is 0 Å². The van der Waals surface area contributed by atoms with Gasteiger partial charge in [0.2, 0.25) is 0 Å². The van der Waals surface area contributed by atoms with Gasteiger partial charge in [0.1, 0.15) is 11.5 Å². The standard InChI is InChI=1S/C14H14N2O4/c1-19-13(17)9-11(12-6-4-8-20-12)16-14(18)10-5-2-3-7-15-10/h2-8,11H,9H2,1H3,(H,16,18). The van der Waals surface area contributed by atoms with Gasteiger partial charge < -0.3 is 14.5 Å². The molecule has 1 atom stereocenters. The number of rotatable bonds is 5. The molecule has 20 heavy (non-hydrogen) atoms. The molecule has 0 aliphatic rings. The Labute approximate surface area is 115 Å². The van der Waals surface area contributed by atoms with Crippen LogP contribution in [0, 0.1) is 0 Å². The van der Waals surface area contributed by atoms with Gasteiger partial charge in [-0.3, -0.25) is 14.6 Å². The normalized spacial score (nSPS) is 11.7. The molecule has 1 unspecified atom stereocenters. The molecule has 6 heteroatoms. The molecule has 2 rings (SSSR count). The molecule has 0 spiro atoms. The van der Waals surface area contributed by atoms with Crippen molar-refractivity contribution in [1.29, 1.82) is 0 Å². The fourth-order valence-electron chi connectivity index (χ4n) is 1.69. The highest BCUT2D eigenvalue weighted by molar-refractivity contribution is 5.92. The van der Waals surface area contributed by atoms with Gasteiger partial charge in [0, 0.05) is 6.20 Å². The van der Waals surface area contributed by atoms with Crippen LogP contribution in [0.5, 0.6) is 0 Å². The second kappa shape index (κ2) is 6.51. The van der Waals surface area contributed by atoms with E-state index in [1.165, 1.54) is 19.6 Å². The predicted octanol–water partition coefficient (Wildman–Crippen LogP) is 1.71. The van der Waals surface area contributed by atoms with E-state index in [0.717, 1.165) is 0 Å². The molecular weight excluding hydrogens is 260 g/mol. The number of nitrogens with zero attached hydrogens (tertiary/aromatic N) is 1. The van der Waals surface area contributed by atoms with Crippen molar-refractivity contribution in [2.24, 2.45) is 0 Å². The van der Waals surface area contributed by atoms with Gasteiger partial charge in [-0.1, -0.05) is 6.07 Å². The number of amides is 1. The van der Waals surface area contributed by atoms with Crippen LogP contribution in [0.15, 0.2) is 47.2 Å². The molecular formula is C14H14N2O4. The number of hydrogen-bond donors (Lipinski definition) is 1. The second-order valence-electron chi connectivity index (χ2n) is 4.04. The Balaban J connectivity index is 2.12. The monoisotopic (exact) mass is 274 g/mol. The first-order chi connectivity index (χ1) is 9.70. The van der Waals surface area contributed by atoms with Gasteiger partial charge in [0.25, 0.3) is 5.91 Å². The zero-order chi connectivity index (χ0) is 14.4. The molecule has 2 heterocycles. The van der Waals surface area contributed by atoms with E-state index in [-0.39, 0.29) is 18.0 Å². The fraction of sp³-hybridized carbons (Fsp3) is 0.214. The Bertz CT molecular complexity index is 566. The molecule has 2 aromatic heterocycles. The summed E-state index contributed by atoms with van der Waals surface area (Å²) in [6, 6.07) is 7.80. The van der Waals surface area contributed by atoms with Crippen molar-refractivity contribution in [2.45, 2.75) is 12.5 Å². The number of carbonyl (C=O) groups excluding carboxylic acids is 2. The third-order valence-corrected chi connectivity index (χ3v) is 2.69. The molecule has 6 nitrogen and oxygen atoms in total. The van der Waals surface area contributed by atoms with E-state index in [0.29, 0.717) is 5.76 Å². The van der Waals surface area contributed by atoms with Crippen LogP contribution in [0.25, 0.3) is 0 Å². The first kappa shape index (κ1) is 13.8. The summed E-state index contributed by atoms with van der Waals surface area (Å²) in [4.78, 5) is 27.4. The number of methoxy groups -OCH3 is 1. The van der Waals surface area contributed by atoms with Crippen LogP contribution in [0.1, 0.15) is 28.7 Å². The molecule has 1 N–H and O–H groups in total. The Hall–Kier alpha value is -2.63. The molecule has 0 fully saturated rings. The molecule has 0 saturated carbocycles. The average molecular weight is 274 g/mol. The van der Waals surface area contributed by atoms with Crippen molar-refractivity contribution in [3.8, 4) is 0 Å². The van der Waals surface area contributed by atoms with Crippen LogP contribution in [0.2, 0.25) is 0 Å². The smallest absolute Gasteiger partial charge is 0.308 e. The molecule has 0 aliphatic carbocycles. The number of ether oxygens (including phenoxy) is 1. The maximum absolute atomic E-state index is 12.1. The summed E-state index contributed by atoms with van der Waals surface area (Å²) >= 11 is 0. The van der Waals surface area contributed by atoms with Gasteiger partial charge in [-0.2, -0.15) is 0 Å². The Morgan fingerprint density at radius 1 is 1.35 bits per heavy atom. The summed E-state index contributed by atoms with van der Waals surface area (Å²) in [7, 11) is 1.29. The van der Waals surface area contributed by atoms with Crippen molar-refractivity contribution in [2.75, 3.05) is 7.11 Å². The van der Waals surface area contributed by atoms with Crippen LogP contribution in [0.3, 0.4) is 0 Å². The number of carbonyl (C=O) groups is 2. The summed E-state index contributed by atoms with van der Waals surface area (Å²) in [6.45, 7) is 0. The molecule has 0 radical (unpaired) electrons. The first-order valence-corrected chi connectivity index (χ1v) is 6.03. The van der Waals surface area contributed by atoms with E-state index in [9.17, 15) is 9.59 Å². The summed E-state index contributed by atoms with van der Waals surface area (Å²) < 4.78 is 9.85. The van der Waals surface area contributed by atoms with Crippen molar-refractivity contribution < 1.29 is 18.7 Å². The van der Waals surface area contributed by atoms with Crippen molar-refractivity contribution >= 4 is 11.9 Å². The lowest BCUT2D eigenvalue weighted by atomic mass is 10.1. The van der Waals surface area contributed by atoms with Crippen LogP contribution in [-0.2, 0) is 9.53 Å². The largest absolute Gasteiger partial charge is 0.469 e. The van der Waals surface area contributed by atoms with Gasteiger partial charge in [-0.15, -0.1) is 0 Å². The van der Waals surface area contributed by atoms with E-state index in [4.69, 9.17) is 4.42 Å². The number of hydrogen-bond acceptors (Lipinski definition) is 5. The van der Waals surface area contributed by atoms with Crippen LogP contribution < -0.4 is 5.32 Å². The fourth-order valence-corrected chi connectivity index (χ4v) is 1.69. The highest BCUT2D eigenvalue weighted by Gasteiger charge is 2.22. The third-order valence-electron chi connectivity index (χ3n) is 2.69. The minimum Gasteiger partial charge on any atom is -0.469 e. The zero-order valence-electron chi connectivity index (χ0n) is 10.9. The zero-order valence-corrected chi connectivity index (χ0v) is 10.9. The Kier molecular flexibility index (Phi) is 4.49. The molecule has 2 aromatic rings. The summed E-state index contributed by atoms with van der Waals surface area (Å²) in [5.74, 6) is -0.330. The number of aromatic nitrogens is 1. The molecule has 0 aromatic carbocycles. The van der Waals surface area contributed by atoms with Gasteiger partial charge in [0.15, 0.2) is 0 Å². The highest BCUT2D eigenvalue weighted by Crippen LogP contribution is 2.18. The van der Waals surface area contributed by atoms with Crippen LogP contribution in [0.4, 0.5) is 0 Å². The average Bonchev–Trinajstić information content (AvgIpc) is 3.01. The van der Waals surface area contributed by atoms with Crippen molar-refractivity contribution in [3.63, 3.8) is 0 Å². The number of furan rings is 1. The van der Waals surface area contributed by atoms with Gasteiger partial charge >= 0.3 is 5.97 Å². The lowest BCUT2D eigenvalue weighted by molar-refractivity contribution is -0.141. The quantitative estimate of drug-likeness (QED) is 0.839. The molecule has 0 saturated heterocycles. The number of pyridine rings is 1. The number of nitrogens with one attached hydrogen (secondary N) is 1. The highest BCUT2D eigenvalue weighted by atomic mass is 16.5. The Morgan fingerprint density at radius 2 is 2.20 bits per heavy atom. The molecule has 0 aliphatic heterocycles. The molecule has 1 amide bonds. The second-order valence-corrected chi connectivity index (χ2v) is 4.04. The van der Waals surface area contributed by atoms with Crippen LogP contribution in [-0.4, -0.2) is 24.0 Å². The van der Waals surface area contributed by atoms with Gasteiger partial charge in [0.05, 0.1) is 25.8 Å². The van der Waals surface area contributed by atoms with E-state index in [1.54, 1.807) is 30.3 Å². The lowest BCUT2D eigenvalue weighted by Crippen LogP contribution is -2.30. The maximum atomic E-state index is 12.1. The molecule has 104 valence electrons. The van der Waals surface area contributed by atoms with E-state index >= 15 is 0 Å². The summed E-state index contributed by atoms with van der Waals surface area (Å²) in [6.07, 6.45) is 2.99. The van der Waals surface area contributed by atoms with E-state index < -0.39 is 12.0 Å². The van der Waals surface area contributed by atoms with Gasteiger partial charge in [-0.25, -0.2) is 0 Å². The lowest BCUT2D eigenvalue weighted by Gasteiger charge is -2.15. The van der Waals surface area contributed by atoms with Crippen molar-refractivity contribution in [1.82, 2.24) is 10.3 Å². The summed E-state index contributed by atoms with van der Waals surface area (Å²) in [5.41, 5.74) is 0.272. The SMILES string of the molecule is COC(=O)CC(NC(=O)c1ccccn1)c1ccco1. The minimum absolute atomic E-state index is 0.0113. The maximum Gasteiger partial charge on any atom is 0.308 e. The minimum atomic E-state index is -0.591. The third kappa shape index (κ3) is 3.44. The molecule has 0 bridgehead atoms. The summed E-state index contributed by atoms with van der Waals surface area (Å²) in [5, 5.41) is 2.70. The first-order valence-electron chi connectivity index (χ1n) is 6.03. The predicted molar refractivity (Wildman–Crippen MR) is 69.8 cm³/mol. The van der Waals surface area contributed by atoms with Gasteiger partial charge in [-0.05, 0) is 24.3 Å². The van der Waals surface area contributed by atoms with Crippen LogP contribution >= 0.6 is 0 Å². The Morgan fingerprint density at radius 3 is 2.80 bits per heavy atom. The topological polar surface area (TPSA) is 81.4 Å². The number of esters is 1.